The number of sulfonamides is 1. The van der Waals surface area contributed by atoms with E-state index in [1.807, 2.05) is 0 Å². The maximum absolute atomic E-state index is 12.8. The molecule has 21 heavy (non-hydrogen) atoms. The zero-order chi connectivity index (χ0) is 15.5. The van der Waals surface area contributed by atoms with Gasteiger partial charge in [-0.05, 0) is 30.5 Å². The van der Waals surface area contributed by atoms with Crippen molar-refractivity contribution in [2.24, 2.45) is 0 Å². The highest BCUT2D eigenvalue weighted by Gasteiger charge is 2.31. The average Bonchev–Trinajstić information content (AvgIpc) is 2.54. The molecular weight excluding hydrogens is 310 g/mol. The largest absolute Gasteiger partial charge is 0.495 e. The predicted molar refractivity (Wildman–Crippen MR) is 84.4 cm³/mol. The average molecular weight is 332 g/mol. The highest BCUT2D eigenvalue weighted by molar-refractivity contribution is 7.89. The van der Waals surface area contributed by atoms with Crippen molar-refractivity contribution in [3.8, 4) is 5.75 Å². The van der Waals surface area contributed by atoms with Gasteiger partial charge in [0.1, 0.15) is 10.6 Å². The first-order valence-corrected chi connectivity index (χ1v) is 9.19. The smallest absolute Gasteiger partial charge is 0.246 e. The Morgan fingerprint density at radius 3 is 2.52 bits per heavy atom. The van der Waals surface area contributed by atoms with Crippen molar-refractivity contribution in [2.75, 3.05) is 14.2 Å². The summed E-state index contributed by atoms with van der Waals surface area (Å²) < 4.78 is 32.4. The first-order valence-electron chi connectivity index (χ1n) is 7.21. The van der Waals surface area contributed by atoms with Crippen molar-refractivity contribution in [3.05, 3.63) is 23.8 Å². The summed E-state index contributed by atoms with van der Waals surface area (Å²) in [7, 11) is -0.395. The van der Waals surface area contributed by atoms with E-state index in [-0.39, 0.29) is 10.9 Å². The second-order valence-corrected chi connectivity index (χ2v) is 7.67. The second-order valence-electron chi connectivity index (χ2n) is 5.43. The molecule has 0 amide bonds. The molecule has 1 aromatic rings. The monoisotopic (exact) mass is 331 g/mol. The van der Waals surface area contributed by atoms with Crippen molar-refractivity contribution in [1.29, 1.82) is 0 Å². The highest BCUT2D eigenvalue weighted by atomic mass is 35.5. The third-order valence-electron chi connectivity index (χ3n) is 4.13. The minimum absolute atomic E-state index is 0.0844. The van der Waals surface area contributed by atoms with Gasteiger partial charge in [0, 0.05) is 19.0 Å². The Kier molecular flexibility index (Phi) is 5.52. The molecule has 0 N–H and O–H groups in total. The van der Waals surface area contributed by atoms with Crippen LogP contribution in [0, 0.1) is 0 Å². The van der Waals surface area contributed by atoms with Crippen LogP contribution in [0.4, 0.5) is 0 Å². The van der Waals surface area contributed by atoms with Crippen LogP contribution in [0.3, 0.4) is 0 Å². The molecule has 0 bridgehead atoms. The fourth-order valence-electron chi connectivity index (χ4n) is 2.80. The number of nitrogens with zero attached hydrogens (tertiary/aromatic N) is 1. The van der Waals surface area contributed by atoms with Gasteiger partial charge in [-0.15, -0.1) is 11.6 Å². The Hall–Kier alpha value is -0.780. The predicted octanol–water partition coefficient (Wildman–Crippen LogP) is 3.39. The van der Waals surface area contributed by atoms with E-state index >= 15 is 0 Å². The first-order chi connectivity index (χ1) is 10.0. The summed E-state index contributed by atoms with van der Waals surface area (Å²) in [6.07, 6.45) is 5.23. The van der Waals surface area contributed by atoms with Crippen molar-refractivity contribution in [3.63, 3.8) is 0 Å². The maximum atomic E-state index is 12.8. The van der Waals surface area contributed by atoms with Gasteiger partial charge in [0.15, 0.2) is 0 Å². The molecule has 1 saturated carbocycles. The van der Waals surface area contributed by atoms with E-state index in [1.165, 1.54) is 17.8 Å². The van der Waals surface area contributed by atoms with Crippen LogP contribution in [0.15, 0.2) is 23.1 Å². The topological polar surface area (TPSA) is 46.6 Å². The lowest BCUT2D eigenvalue weighted by Crippen LogP contribution is -2.38. The SMILES string of the molecule is COc1cc(CCl)ccc1S(=O)(=O)N(C)C1CCCCC1. The van der Waals surface area contributed by atoms with Gasteiger partial charge in [-0.3, -0.25) is 0 Å². The summed E-state index contributed by atoms with van der Waals surface area (Å²) in [6.45, 7) is 0. The summed E-state index contributed by atoms with van der Waals surface area (Å²) in [6, 6.07) is 5.10. The fraction of sp³-hybridized carbons (Fsp3) is 0.600. The number of halogens is 1. The second kappa shape index (κ2) is 6.99. The molecule has 0 atom stereocenters. The summed E-state index contributed by atoms with van der Waals surface area (Å²) in [5.74, 6) is 0.686. The van der Waals surface area contributed by atoms with E-state index in [9.17, 15) is 8.42 Å². The molecule has 0 radical (unpaired) electrons. The number of alkyl halides is 1. The van der Waals surface area contributed by atoms with E-state index in [4.69, 9.17) is 16.3 Å². The van der Waals surface area contributed by atoms with Gasteiger partial charge in [0.2, 0.25) is 10.0 Å². The third-order valence-corrected chi connectivity index (χ3v) is 6.39. The van der Waals surface area contributed by atoms with Crippen molar-refractivity contribution in [1.82, 2.24) is 4.31 Å². The Balaban J connectivity index is 2.34. The molecule has 0 heterocycles. The molecule has 0 aromatic heterocycles. The number of hydrogen-bond acceptors (Lipinski definition) is 3. The fourth-order valence-corrected chi connectivity index (χ4v) is 4.52. The normalized spacial score (nSPS) is 17.1. The number of rotatable bonds is 5. The van der Waals surface area contributed by atoms with Crippen LogP contribution in [-0.4, -0.2) is 32.9 Å². The van der Waals surface area contributed by atoms with E-state index in [0.29, 0.717) is 11.6 Å². The molecule has 0 saturated heterocycles. The lowest BCUT2D eigenvalue weighted by Gasteiger charge is -2.30. The van der Waals surface area contributed by atoms with Crippen LogP contribution in [0.25, 0.3) is 0 Å². The van der Waals surface area contributed by atoms with Crippen molar-refractivity contribution >= 4 is 21.6 Å². The van der Waals surface area contributed by atoms with Crippen LogP contribution in [-0.2, 0) is 15.9 Å². The minimum atomic E-state index is -3.54. The number of ether oxygens (including phenoxy) is 1. The van der Waals surface area contributed by atoms with Crippen LogP contribution >= 0.6 is 11.6 Å². The third kappa shape index (κ3) is 3.52. The van der Waals surface area contributed by atoms with Gasteiger partial charge in [-0.25, -0.2) is 8.42 Å². The summed E-state index contributed by atoms with van der Waals surface area (Å²) in [4.78, 5) is 0.215. The first kappa shape index (κ1) is 16.6. The van der Waals surface area contributed by atoms with Crippen LogP contribution in [0.5, 0.6) is 5.75 Å². The van der Waals surface area contributed by atoms with Crippen molar-refractivity contribution < 1.29 is 13.2 Å². The zero-order valence-corrected chi connectivity index (χ0v) is 14.1. The molecule has 6 heteroatoms. The number of methoxy groups -OCH3 is 1. The lowest BCUT2D eigenvalue weighted by molar-refractivity contribution is 0.284. The van der Waals surface area contributed by atoms with Gasteiger partial charge in [0.25, 0.3) is 0 Å². The molecule has 0 unspecified atom stereocenters. The van der Waals surface area contributed by atoms with E-state index in [2.05, 4.69) is 0 Å². The zero-order valence-electron chi connectivity index (χ0n) is 12.5. The van der Waals surface area contributed by atoms with E-state index < -0.39 is 10.0 Å². The van der Waals surface area contributed by atoms with Gasteiger partial charge >= 0.3 is 0 Å². The van der Waals surface area contributed by atoms with Crippen molar-refractivity contribution in [2.45, 2.75) is 48.9 Å². The van der Waals surface area contributed by atoms with Gasteiger partial charge in [0.05, 0.1) is 7.11 Å². The van der Waals surface area contributed by atoms with E-state index in [1.54, 1.807) is 25.2 Å². The summed E-state index contributed by atoms with van der Waals surface area (Å²) in [5, 5.41) is 0. The minimum Gasteiger partial charge on any atom is -0.495 e. The molecular formula is C15H22ClNO3S. The van der Waals surface area contributed by atoms with Gasteiger partial charge in [-0.1, -0.05) is 25.3 Å². The molecule has 2 rings (SSSR count). The molecule has 1 aliphatic rings. The molecule has 1 aliphatic carbocycles. The number of benzene rings is 1. The summed E-state index contributed by atoms with van der Waals surface area (Å²) >= 11 is 5.79. The Morgan fingerprint density at radius 2 is 1.95 bits per heavy atom. The summed E-state index contributed by atoms with van der Waals surface area (Å²) in [5.41, 5.74) is 0.841. The van der Waals surface area contributed by atoms with Crippen LogP contribution in [0.1, 0.15) is 37.7 Å². The standard InChI is InChI=1S/C15H22ClNO3S/c1-17(13-6-4-3-5-7-13)21(18,19)15-9-8-12(11-16)10-14(15)20-2/h8-10,13H,3-7,11H2,1-2H3. The van der Waals surface area contributed by atoms with Gasteiger partial charge < -0.3 is 4.74 Å². The Morgan fingerprint density at radius 1 is 1.29 bits per heavy atom. The molecule has 118 valence electrons. The Bertz CT molecular complexity index is 583. The molecule has 1 aromatic carbocycles. The van der Waals surface area contributed by atoms with Crippen LogP contribution < -0.4 is 4.74 Å². The van der Waals surface area contributed by atoms with Crippen LogP contribution in [0.2, 0.25) is 0 Å². The molecule has 0 spiro atoms. The molecule has 0 aliphatic heterocycles. The molecule has 4 nitrogen and oxygen atoms in total. The maximum Gasteiger partial charge on any atom is 0.246 e. The lowest BCUT2D eigenvalue weighted by atomic mass is 9.96. The molecule has 1 fully saturated rings. The van der Waals surface area contributed by atoms with Gasteiger partial charge in [-0.2, -0.15) is 4.31 Å². The Labute approximate surface area is 132 Å². The quantitative estimate of drug-likeness (QED) is 0.777. The highest BCUT2D eigenvalue weighted by Crippen LogP contribution is 2.31. The van der Waals surface area contributed by atoms with E-state index in [0.717, 1.165) is 31.2 Å². The number of hydrogen-bond donors (Lipinski definition) is 0.